The molecule has 2 bridgehead atoms. The molecule has 0 amide bonds. The third-order valence-electron chi connectivity index (χ3n) is 14.3. The van der Waals surface area contributed by atoms with Crippen LogP contribution in [0.5, 0.6) is 69.0 Å². The summed E-state index contributed by atoms with van der Waals surface area (Å²) in [6.45, 7) is 0. The van der Waals surface area contributed by atoms with Gasteiger partial charge in [0, 0.05) is 52.1 Å². The molecule has 1 aliphatic carbocycles. The van der Waals surface area contributed by atoms with Gasteiger partial charge in [-0.25, -0.2) is 0 Å². The average Bonchev–Trinajstić information content (AvgIpc) is 4.09. The summed E-state index contributed by atoms with van der Waals surface area (Å²) in [6.07, 6.45) is -3.05. The molecule has 12 nitrogen and oxygen atoms in total. The van der Waals surface area contributed by atoms with Crippen molar-refractivity contribution in [2.75, 3.05) is 0 Å². The minimum atomic E-state index is -0.776. The van der Waals surface area contributed by atoms with Gasteiger partial charge in [-0.15, -0.1) is 0 Å². The topological polar surface area (TPSA) is 199 Å². The summed E-state index contributed by atoms with van der Waals surface area (Å²) in [7, 11) is 0. The van der Waals surface area contributed by atoms with Crippen molar-refractivity contribution in [2.45, 2.75) is 48.1 Å². The fraction of sp³-hybridized carbons (Fsp3) is 0.143. The second-order valence-corrected chi connectivity index (χ2v) is 18.2. The normalized spacial score (nSPS) is 23.1. The first-order valence-electron chi connectivity index (χ1n) is 22.2. The summed E-state index contributed by atoms with van der Waals surface area (Å²) in [4.78, 5) is 0. The summed E-state index contributed by atoms with van der Waals surface area (Å²) in [5.41, 5.74) is 8.18. The van der Waals surface area contributed by atoms with Crippen LogP contribution in [0.15, 0.2) is 146 Å². The van der Waals surface area contributed by atoms with Crippen LogP contribution in [-0.2, 0) is 0 Å². The van der Waals surface area contributed by atoms with Crippen molar-refractivity contribution in [3.63, 3.8) is 0 Å². The molecule has 4 heterocycles. The van der Waals surface area contributed by atoms with E-state index in [1.807, 2.05) is 12.1 Å². The number of rotatable bonds is 5. The molecule has 0 spiro atoms. The highest BCUT2D eigenvalue weighted by Crippen LogP contribution is 2.68. The number of phenolic OH excluding ortho intramolecular Hbond substituents is 8. The summed E-state index contributed by atoms with van der Waals surface area (Å²) in [5.74, 6) is -1.25. The van der Waals surface area contributed by atoms with Crippen LogP contribution in [0.4, 0.5) is 0 Å². The molecular weight excluding hydrogens is 865 g/mol. The van der Waals surface area contributed by atoms with E-state index in [0.29, 0.717) is 73.1 Å². The molecule has 8 N–H and O–H groups in total. The first-order valence-corrected chi connectivity index (χ1v) is 22.2. The lowest BCUT2D eigenvalue weighted by Crippen LogP contribution is -2.21. The minimum absolute atomic E-state index is 0.0560. The lowest BCUT2D eigenvalue weighted by Gasteiger charge is -2.31. The van der Waals surface area contributed by atoms with Gasteiger partial charge in [0.15, 0.2) is 0 Å². The molecule has 0 aromatic heterocycles. The fourth-order valence-corrected chi connectivity index (χ4v) is 11.6. The Bertz CT molecular complexity index is 3350. The zero-order chi connectivity index (χ0) is 46.3. The predicted molar refractivity (Wildman–Crippen MR) is 246 cm³/mol. The van der Waals surface area contributed by atoms with Crippen molar-refractivity contribution in [1.82, 2.24) is 0 Å². The van der Waals surface area contributed by atoms with Crippen molar-refractivity contribution < 1.29 is 59.8 Å². The smallest absolute Gasteiger partial charge is 0.135 e. The van der Waals surface area contributed by atoms with Crippen molar-refractivity contribution in [1.29, 1.82) is 0 Å². The van der Waals surface area contributed by atoms with E-state index in [9.17, 15) is 40.9 Å². The molecule has 13 rings (SSSR count). The van der Waals surface area contributed by atoms with Crippen LogP contribution in [0.3, 0.4) is 0 Å². The van der Waals surface area contributed by atoms with E-state index in [1.165, 1.54) is 6.07 Å². The SMILES string of the molecule is Oc1ccc(C2Oc3cc(O)c4cc3C2c2c3c(cc5c2[C@@H](c2cc(O)cc(O)c2)C(c2ccc(O)cc2)O5)O[C@@H](c2ccc(O)cc2)C3c2cc(O)cc3c2C4[C@H](c2ccc(O)cc2)O3)cc1. The molecule has 12 heteroatoms. The maximum absolute atomic E-state index is 12.4. The van der Waals surface area contributed by atoms with Crippen LogP contribution >= 0.6 is 0 Å². The van der Waals surface area contributed by atoms with Gasteiger partial charge in [0.1, 0.15) is 93.4 Å². The molecular formula is C56H40O12. The Morgan fingerprint density at radius 1 is 0.250 bits per heavy atom. The largest absolute Gasteiger partial charge is 0.508 e. The van der Waals surface area contributed by atoms with E-state index in [1.54, 1.807) is 127 Å². The zero-order valence-corrected chi connectivity index (χ0v) is 35.7. The van der Waals surface area contributed by atoms with E-state index in [4.69, 9.17) is 18.9 Å². The maximum atomic E-state index is 12.4. The van der Waals surface area contributed by atoms with Crippen molar-refractivity contribution in [3.8, 4) is 69.0 Å². The van der Waals surface area contributed by atoms with Crippen molar-refractivity contribution in [3.05, 3.63) is 212 Å². The monoisotopic (exact) mass is 904 g/mol. The number of fused-ring (bicyclic) bond motifs is 6. The first kappa shape index (κ1) is 39.7. The molecule has 0 saturated carbocycles. The van der Waals surface area contributed by atoms with Gasteiger partial charge in [-0.2, -0.15) is 0 Å². The van der Waals surface area contributed by atoms with Gasteiger partial charge >= 0.3 is 0 Å². The van der Waals surface area contributed by atoms with Crippen molar-refractivity contribution in [2.24, 2.45) is 0 Å². The number of benzene rings is 8. The first-order chi connectivity index (χ1) is 32.9. The molecule has 5 aliphatic rings. The Hall–Kier alpha value is -8.64. The second-order valence-electron chi connectivity index (χ2n) is 18.2. The van der Waals surface area contributed by atoms with Crippen LogP contribution in [0.1, 0.15) is 115 Å². The summed E-state index contributed by atoms with van der Waals surface area (Å²) >= 11 is 0. The van der Waals surface area contributed by atoms with Crippen LogP contribution in [0.25, 0.3) is 0 Å². The number of hydrogen-bond acceptors (Lipinski definition) is 12. The molecule has 68 heavy (non-hydrogen) atoms. The average molecular weight is 905 g/mol. The Morgan fingerprint density at radius 3 is 1.12 bits per heavy atom. The highest BCUT2D eigenvalue weighted by molar-refractivity contribution is 5.73. The summed E-state index contributed by atoms with van der Waals surface area (Å²) in [5, 5.41) is 88.3. The lowest BCUT2D eigenvalue weighted by atomic mass is 9.68. The molecule has 0 saturated heterocycles. The van der Waals surface area contributed by atoms with E-state index in [2.05, 4.69) is 0 Å². The van der Waals surface area contributed by atoms with Gasteiger partial charge < -0.3 is 59.8 Å². The van der Waals surface area contributed by atoms with Gasteiger partial charge in [0.2, 0.25) is 0 Å². The van der Waals surface area contributed by atoms with Gasteiger partial charge in [0.05, 0.1) is 23.7 Å². The highest BCUT2D eigenvalue weighted by atomic mass is 16.5. The van der Waals surface area contributed by atoms with E-state index >= 15 is 0 Å². The van der Waals surface area contributed by atoms with E-state index in [0.717, 1.165) is 16.7 Å². The van der Waals surface area contributed by atoms with Crippen LogP contribution < -0.4 is 18.9 Å². The number of hydrogen-bond donors (Lipinski definition) is 8. The van der Waals surface area contributed by atoms with Crippen LogP contribution in [-0.4, -0.2) is 40.9 Å². The molecule has 336 valence electrons. The summed E-state index contributed by atoms with van der Waals surface area (Å²) in [6, 6.07) is 40.2. The van der Waals surface area contributed by atoms with E-state index < -0.39 is 48.1 Å². The fourth-order valence-electron chi connectivity index (χ4n) is 11.6. The van der Waals surface area contributed by atoms with Crippen LogP contribution in [0, 0.1) is 0 Å². The zero-order valence-electron chi connectivity index (χ0n) is 35.7. The molecule has 8 aromatic carbocycles. The number of phenols is 8. The maximum Gasteiger partial charge on any atom is 0.135 e. The van der Waals surface area contributed by atoms with Crippen LogP contribution in [0.2, 0.25) is 0 Å². The third-order valence-corrected chi connectivity index (χ3v) is 14.3. The van der Waals surface area contributed by atoms with Gasteiger partial charge in [-0.05, 0) is 112 Å². The lowest BCUT2D eigenvalue weighted by molar-refractivity contribution is 0.211. The minimum Gasteiger partial charge on any atom is -0.508 e. The standard InChI is InChI=1S/C56H40O12/c57-30-9-1-25(2-10-30)53-45(29-17-34(61)19-35(62)18-29)50-43(67-53)24-44-51-49(56(68-44)28-7-15-33(60)16-8-28)39-20-36(63)21-42-46(39)47(54(66-42)26-3-11-31(58)12-4-26)37-22-38-41(23-40(37)64)65-55(48(38)52(50)51)27-5-13-32(59)14-6-27/h1-24,45,47-49,53-64H/t45-,47?,48?,49?,53?,54+,55?,56+/m1/s1. The molecule has 8 atom stereocenters. The predicted octanol–water partition coefficient (Wildman–Crippen LogP) is 10.7. The highest BCUT2D eigenvalue weighted by Gasteiger charge is 2.54. The van der Waals surface area contributed by atoms with Gasteiger partial charge in [0.25, 0.3) is 0 Å². The van der Waals surface area contributed by atoms with Gasteiger partial charge in [-0.1, -0.05) is 48.5 Å². The molecule has 5 unspecified atom stereocenters. The Labute approximate surface area is 388 Å². The molecule has 0 radical (unpaired) electrons. The molecule has 4 aliphatic heterocycles. The Kier molecular flexibility index (Phi) is 8.42. The summed E-state index contributed by atoms with van der Waals surface area (Å²) < 4.78 is 28.2. The second kappa shape index (κ2) is 14.4. The van der Waals surface area contributed by atoms with E-state index in [-0.39, 0.29) is 46.0 Å². The molecule has 8 aromatic rings. The molecule has 0 fully saturated rings. The number of aromatic hydroxyl groups is 8. The third kappa shape index (κ3) is 5.93. The Morgan fingerprint density at radius 2 is 0.632 bits per heavy atom. The quantitative estimate of drug-likeness (QED) is 0.0814. The van der Waals surface area contributed by atoms with Crippen molar-refractivity contribution >= 4 is 0 Å². The van der Waals surface area contributed by atoms with Gasteiger partial charge in [-0.3, -0.25) is 0 Å². The Balaban J connectivity index is 1.17. The number of ether oxygens (including phenoxy) is 4.